The molecule has 0 atom stereocenters. The Morgan fingerprint density at radius 2 is 2.00 bits per heavy atom. The lowest BCUT2D eigenvalue weighted by molar-refractivity contribution is -0.118. The Morgan fingerprint density at radius 3 is 2.85 bits per heavy atom. The maximum Gasteiger partial charge on any atom is 0.231 e. The van der Waals surface area contributed by atoms with Crippen molar-refractivity contribution in [3.05, 3.63) is 77.7 Å². The zero-order valence-corrected chi connectivity index (χ0v) is 18.8. The number of amides is 1. The first-order valence-electron chi connectivity index (χ1n) is 10.5. The standard InChI is InChI=1S/C24H22N4O4S/c1-16-4-2-5-18(10-16)23-26-27-24(28(23)13-19-6-3-9-30-19)33-14-22(29)25-12-17-7-8-20-21(11-17)32-15-31-20/h2-11H,12-15H2,1H3,(H,25,29). The Kier molecular flexibility index (Phi) is 6.03. The van der Waals surface area contributed by atoms with Crippen molar-refractivity contribution in [1.82, 2.24) is 20.1 Å². The number of nitrogens with one attached hydrogen (secondary N) is 1. The number of fused-ring (bicyclic) bond motifs is 1. The fourth-order valence-corrected chi connectivity index (χ4v) is 4.29. The van der Waals surface area contributed by atoms with E-state index in [2.05, 4.69) is 21.6 Å². The van der Waals surface area contributed by atoms with Gasteiger partial charge in [0.1, 0.15) is 5.76 Å². The maximum absolute atomic E-state index is 12.5. The third-order valence-corrected chi connectivity index (χ3v) is 6.11. The lowest BCUT2D eigenvalue weighted by Gasteiger charge is -2.10. The van der Waals surface area contributed by atoms with Gasteiger partial charge < -0.3 is 19.2 Å². The Balaban J connectivity index is 1.27. The third kappa shape index (κ3) is 4.88. The summed E-state index contributed by atoms with van der Waals surface area (Å²) in [5.41, 5.74) is 3.05. The molecule has 0 saturated carbocycles. The van der Waals surface area contributed by atoms with Crippen LogP contribution in [0.2, 0.25) is 0 Å². The van der Waals surface area contributed by atoms with E-state index in [1.165, 1.54) is 11.8 Å². The first-order chi connectivity index (χ1) is 16.2. The van der Waals surface area contributed by atoms with Crippen LogP contribution in [0.25, 0.3) is 11.4 Å². The van der Waals surface area contributed by atoms with E-state index in [9.17, 15) is 4.79 Å². The van der Waals surface area contributed by atoms with Gasteiger partial charge in [-0.25, -0.2) is 0 Å². The Labute approximate surface area is 194 Å². The van der Waals surface area contributed by atoms with Gasteiger partial charge in [0.25, 0.3) is 0 Å². The third-order valence-electron chi connectivity index (χ3n) is 5.15. The van der Waals surface area contributed by atoms with E-state index < -0.39 is 0 Å². The van der Waals surface area contributed by atoms with E-state index in [0.29, 0.717) is 24.0 Å². The summed E-state index contributed by atoms with van der Waals surface area (Å²) >= 11 is 1.34. The van der Waals surface area contributed by atoms with Crippen LogP contribution in [0, 0.1) is 6.92 Å². The number of ether oxygens (including phenoxy) is 2. The molecule has 3 heterocycles. The predicted molar refractivity (Wildman–Crippen MR) is 123 cm³/mol. The minimum atomic E-state index is -0.0951. The molecule has 1 aliphatic rings. The van der Waals surface area contributed by atoms with Gasteiger partial charge in [0.2, 0.25) is 12.7 Å². The quantitative estimate of drug-likeness (QED) is 0.395. The molecule has 0 spiro atoms. The molecule has 33 heavy (non-hydrogen) atoms. The number of aryl methyl sites for hydroxylation is 1. The summed E-state index contributed by atoms with van der Waals surface area (Å²) < 4.78 is 18.2. The number of hydrogen-bond acceptors (Lipinski definition) is 7. The Morgan fingerprint density at radius 1 is 1.09 bits per heavy atom. The molecule has 0 aliphatic carbocycles. The number of hydrogen-bond donors (Lipinski definition) is 1. The minimum absolute atomic E-state index is 0.0951. The summed E-state index contributed by atoms with van der Waals surface area (Å²) in [6.45, 7) is 3.15. The monoisotopic (exact) mass is 462 g/mol. The van der Waals surface area contributed by atoms with Gasteiger partial charge in [-0.1, -0.05) is 41.6 Å². The average Bonchev–Trinajstić information content (AvgIpc) is 3.58. The molecule has 2 aromatic heterocycles. The summed E-state index contributed by atoms with van der Waals surface area (Å²) in [7, 11) is 0. The maximum atomic E-state index is 12.5. The van der Waals surface area contributed by atoms with E-state index in [4.69, 9.17) is 13.9 Å². The van der Waals surface area contributed by atoms with Crippen LogP contribution in [0.5, 0.6) is 11.5 Å². The van der Waals surface area contributed by atoms with Crippen LogP contribution in [0.4, 0.5) is 0 Å². The van der Waals surface area contributed by atoms with Crippen molar-refractivity contribution in [2.45, 2.75) is 25.2 Å². The normalized spacial score (nSPS) is 12.2. The summed E-state index contributed by atoms with van der Waals surface area (Å²) in [4.78, 5) is 12.5. The fourth-order valence-electron chi connectivity index (χ4n) is 3.53. The predicted octanol–water partition coefficient (Wildman–Crippen LogP) is 4.03. The van der Waals surface area contributed by atoms with Crippen LogP contribution in [0.15, 0.2) is 70.4 Å². The molecular weight excluding hydrogens is 440 g/mol. The number of thioether (sulfide) groups is 1. The largest absolute Gasteiger partial charge is 0.467 e. The Bertz CT molecular complexity index is 1270. The molecule has 0 saturated heterocycles. The topological polar surface area (TPSA) is 91.4 Å². The van der Waals surface area contributed by atoms with Crippen LogP contribution >= 0.6 is 11.8 Å². The SMILES string of the molecule is Cc1cccc(-c2nnc(SCC(=O)NCc3ccc4c(c3)OCO4)n2Cc2ccco2)c1. The molecule has 9 heteroatoms. The van der Waals surface area contributed by atoms with E-state index >= 15 is 0 Å². The highest BCUT2D eigenvalue weighted by atomic mass is 32.2. The molecule has 1 amide bonds. The second-order valence-electron chi connectivity index (χ2n) is 7.59. The van der Waals surface area contributed by atoms with Crippen molar-refractivity contribution < 1.29 is 18.7 Å². The number of aromatic nitrogens is 3. The summed E-state index contributed by atoms with van der Waals surface area (Å²) in [5, 5.41) is 12.4. The van der Waals surface area contributed by atoms with E-state index in [1.807, 2.05) is 60.0 Å². The minimum Gasteiger partial charge on any atom is -0.467 e. The smallest absolute Gasteiger partial charge is 0.231 e. The highest BCUT2D eigenvalue weighted by Gasteiger charge is 2.18. The van der Waals surface area contributed by atoms with Crippen molar-refractivity contribution in [2.24, 2.45) is 0 Å². The van der Waals surface area contributed by atoms with Gasteiger partial charge in [0.15, 0.2) is 22.5 Å². The van der Waals surface area contributed by atoms with Gasteiger partial charge >= 0.3 is 0 Å². The van der Waals surface area contributed by atoms with Crippen LogP contribution in [0.3, 0.4) is 0 Å². The second kappa shape index (κ2) is 9.41. The molecule has 0 radical (unpaired) electrons. The van der Waals surface area contributed by atoms with Crippen molar-refractivity contribution in [3.63, 3.8) is 0 Å². The highest BCUT2D eigenvalue weighted by molar-refractivity contribution is 7.99. The number of benzene rings is 2. The van der Waals surface area contributed by atoms with Gasteiger partial charge in [-0.05, 0) is 42.8 Å². The fraction of sp³-hybridized carbons (Fsp3) is 0.208. The summed E-state index contributed by atoms with van der Waals surface area (Å²) in [6.07, 6.45) is 1.64. The molecule has 4 aromatic rings. The van der Waals surface area contributed by atoms with Crippen molar-refractivity contribution in [1.29, 1.82) is 0 Å². The molecule has 0 fully saturated rings. The Hall–Kier alpha value is -3.72. The molecule has 8 nitrogen and oxygen atoms in total. The van der Waals surface area contributed by atoms with Gasteiger partial charge in [0.05, 0.1) is 18.6 Å². The second-order valence-corrected chi connectivity index (χ2v) is 8.54. The van der Waals surface area contributed by atoms with Crippen LogP contribution in [-0.2, 0) is 17.9 Å². The van der Waals surface area contributed by atoms with Gasteiger partial charge in [-0.15, -0.1) is 10.2 Å². The van der Waals surface area contributed by atoms with Gasteiger partial charge in [-0.2, -0.15) is 0 Å². The number of nitrogens with zero attached hydrogens (tertiary/aromatic N) is 3. The molecular formula is C24H22N4O4S. The number of furan rings is 1. The van der Waals surface area contributed by atoms with Crippen molar-refractivity contribution in [2.75, 3.05) is 12.5 Å². The molecule has 2 aromatic carbocycles. The van der Waals surface area contributed by atoms with E-state index in [1.54, 1.807) is 6.26 Å². The first kappa shape index (κ1) is 21.1. The number of carbonyl (C=O) groups is 1. The lowest BCUT2D eigenvalue weighted by Crippen LogP contribution is -2.24. The van der Waals surface area contributed by atoms with Gasteiger partial charge in [0, 0.05) is 12.1 Å². The van der Waals surface area contributed by atoms with Crippen molar-refractivity contribution in [3.8, 4) is 22.9 Å². The number of rotatable bonds is 8. The van der Waals surface area contributed by atoms with E-state index in [-0.39, 0.29) is 18.5 Å². The van der Waals surface area contributed by atoms with E-state index in [0.717, 1.165) is 34.0 Å². The van der Waals surface area contributed by atoms with Crippen molar-refractivity contribution >= 4 is 17.7 Å². The van der Waals surface area contributed by atoms with Crippen LogP contribution in [-0.4, -0.2) is 33.2 Å². The zero-order valence-electron chi connectivity index (χ0n) is 18.0. The highest BCUT2D eigenvalue weighted by Crippen LogP contribution is 2.32. The lowest BCUT2D eigenvalue weighted by atomic mass is 10.1. The molecule has 168 valence electrons. The molecule has 0 bridgehead atoms. The average molecular weight is 463 g/mol. The van der Waals surface area contributed by atoms with Crippen LogP contribution in [0.1, 0.15) is 16.9 Å². The molecule has 5 rings (SSSR count). The zero-order chi connectivity index (χ0) is 22.6. The van der Waals surface area contributed by atoms with Crippen LogP contribution < -0.4 is 14.8 Å². The number of carbonyl (C=O) groups excluding carboxylic acids is 1. The molecule has 0 unspecified atom stereocenters. The summed E-state index contributed by atoms with van der Waals surface area (Å²) in [6, 6.07) is 17.5. The van der Waals surface area contributed by atoms with Gasteiger partial charge in [-0.3, -0.25) is 9.36 Å². The summed E-state index contributed by atoms with van der Waals surface area (Å²) in [5.74, 6) is 3.07. The first-order valence-corrected chi connectivity index (χ1v) is 11.4. The molecule has 1 N–H and O–H groups in total. The molecule has 1 aliphatic heterocycles.